The van der Waals surface area contributed by atoms with Crippen LogP contribution < -0.4 is 11.1 Å². The molecule has 1 rings (SSSR count). The zero-order valence-corrected chi connectivity index (χ0v) is 7.01. The average molecular weight is 169 g/mol. The fraction of sp³-hybridized carbons (Fsp3) is 0.500. The van der Waals surface area contributed by atoms with E-state index >= 15 is 0 Å². The second-order valence-corrected chi connectivity index (χ2v) is 2.66. The summed E-state index contributed by atoms with van der Waals surface area (Å²) in [4.78, 5) is 3.03. The number of aliphatic hydroxyl groups excluding tert-OH is 1. The molecule has 0 aliphatic carbocycles. The summed E-state index contributed by atoms with van der Waals surface area (Å²) < 4.78 is 0. The van der Waals surface area contributed by atoms with Gasteiger partial charge in [0.2, 0.25) is 0 Å². The first-order valence-electron chi connectivity index (χ1n) is 4.08. The molecule has 5 N–H and O–H groups in total. The molecule has 0 aliphatic heterocycles. The minimum absolute atomic E-state index is 0.187. The molecule has 1 heterocycles. The van der Waals surface area contributed by atoms with Gasteiger partial charge in [0.1, 0.15) is 5.82 Å². The summed E-state index contributed by atoms with van der Waals surface area (Å²) in [6.07, 6.45) is 0.914. The molecule has 0 bridgehead atoms. The van der Waals surface area contributed by atoms with E-state index in [1.165, 1.54) is 0 Å². The minimum Gasteiger partial charge on any atom is -0.395 e. The monoisotopic (exact) mass is 169 g/mol. The van der Waals surface area contributed by atoms with Crippen LogP contribution in [0.4, 0.5) is 5.82 Å². The Hall–Kier alpha value is -1.00. The largest absolute Gasteiger partial charge is 0.395 e. The Labute approximate surface area is 71.8 Å². The molecule has 68 valence electrons. The van der Waals surface area contributed by atoms with Crippen molar-refractivity contribution in [3.63, 3.8) is 0 Å². The number of anilines is 1. The van der Waals surface area contributed by atoms with Crippen molar-refractivity contribution < 1.29 is 5.11 Å². The molecule has 12 heavy (non-hydrogen) atoms. The van der Waals surface area contributed by atoms with Gasteiger partial charge in [-0.3, -0.25) is 0 Å². The van der Waals surface area contributed by atoms with Crippen LogP contribution in [0.2, 0.25) is 0 Å². The summed E-state index contributed by atoms with van der Waals surface area (Å²) in [5, 5.41) is 11.6. The van der Waals surface area contributed by atoms with E-state index in [0.29, 0.717) is 12.4 Å². The molecule has 4 heteroatoms. The first kappa shape index (κ1) is 9.09. The quantitative estimate of drug-likeness (QED) is 0.458. The fourth-order valence-corrected chi connectivity index (χ4v) is 1.03. The molecule has 0 unspecified atom stereocenters. The van der Waals surface area contributed by atoms with Gasteiger partial charge < -0.3 is 21.1 Å². The number of nitrogens with one attached hydrogen (secondary N) is 2. The van der Waals surface area contributed by atoms with Crippen molar-refractivity contribution >= 4 is 5.82 Å². The van der Waals surface area contributed by atoms with Crippen molar-refractivity contribution in [2.75, 3.05) is 25.4 Å². The fourth-order valence-electron chi connectivity index (χ4n) is 1.03. The van der Waals surface area contributed by atoms with Crippen LogP contribution in [0.25, 0.3) is 0 Å². The van der Waals surface area contributed by atoms with Gasteiger partial charge >= 0.3 is 0 Å². The van der Waals surface area contributed by atoms with Crippen LogP contribution in [0.5, 0.6) is 0 Å². The number of rotatable bonds is 5. The van der Waals surface area contributed by atoms with Gasteiger partial charge in [-0.2, -0.15) is 0 Å². The number of H-pyrrole nitrogens is 1. The third-order valence-electron chi connectivity index (χ3n) is 1.63. The second kappa shape index (κ2) is 4.79. The first-order valence-corrected chi connectivity index (χ1v) is 4.08. The molecular weight excluding hydrogens is 154 g/mol. The number of hydrogen-bond donors (Lipinski definition) is 4. The van der Waals surface area contributed by atoms with Gasteiger partial charge in [0.15, 0.2) is 0 Å². The van der Waals surface area contributed by atoms with E-state index in [-0.39, 0.29) is 6.61 Å². The Kier molecular flexibility index (Phi) is 3.63. The first-order chi connectivity index (χ1) is 5.83. The number of nitrogens with two attached hydrogens (primary N) is 1. The lowest BCUT2D eigenvalue weighted by atomic mass is 10.3. The van der Waals surface area contributed by atoms with Crippen LogP contribution in [-0.2, 0) is 6.42 Å². The Balaban J connectivity index is 2.15. The van der Waals surface area contributed by atoms with Crippen LogP contribution in [0.15, 0.2) is 12.1 Å². The molecule has 4 nitrogen and oxygen atoms in total. The molecule has 1 aromatic heterocycles. The van der Waals surface area contributed by atoms with E-state index in [4.69, 9.17) is 10.8 Å². The van der Waals surface area contributed by atoms with Gasteiger partial charge in [0.05, 0.1) is 6.61 Å². The normalized spacial score (nSPS) is 10.4. The number of aliphatic hydroxyl groups is 1. The smallest absolute Gasteiger partial charge is 0.100 e. The molecule has 0 spiro atoms. The summed E-state index contributed by atoms with van der Waals surface area (Å²) in [6, 6.07) is 3.82. The second-order valence-electron chi connectivity index (χ2n) is 2.66. The predicted molar refractivity (Wildman–Crippen MR) is 48.9 cm³/mol. The summed E-state index contributed by atoms with van der Waals surface area (Å²) in [5.41, 5.74) is 6.62. The minimum atomic E-state index is 0.187. The molecule has 0 atom stereocenters. The van der Waals surface area contributed by atoms with E-state index in [0.717, 1.165) is 18.7 Å². The molecule has 0 saturated carbocycles. The Morgan fingerprint density at radius 1 is 1.42 bits per heavy atom. The van der Waals surface area contributed by atoms with Gasteiger partial charge in [0, 0.05) is 18.8 Å². The Morgan fingerprint density at radius 3 is 2.83 bits per heavy atom. The highest BCUT2D eigenvalue weighted by Crippen LogP contribution is 2.02. The van der Waals surface area contributed by atoms with Gasteiger partial charge in [-0.1, -0.05) is 0 Å². The Morgan fingerprint density at radius 2 is 2.25 bits per heavy atom. The standard InChI is InChI=1S/C8H15N3O/c9-8-2-1-7(11-8)3-4-10-5-6-12/h1-2,10-12H,3-6,9H2. The maximum Gasteiger partial charge on any atom is 0.100 e. The highest BCUT2D eigenvalue weighted by molar-refractivity contribution is 5.31. The summed E-state index contributed by atoms with van der Waals surface area (Å²) in [6.45, 7) is 1.70. The van der Waals surface area contributed by atoms with Crippen molar-refractivity contribution in [3.05, 3.63) is 17.8 Å². The lowest BCUT2D eigenvalue weighted by Gasteiger charge is -1.99. The van der Waals surface area contributed by atoms with Crippen molar-refractivity contribution in [1.82, 2.24) is 10.3 Å². The molecule has 0 radical (unpaired) electrons. The molecule has 1 aromatic rings. The zero-order valence-electron chi connectivity index (χ0n) is 7.01. The molecule has 0 aromatic carbocycles. The molecule has 0 aliphatic rings. The van der Waals surface area contributed by atoms with Gasteiger partial charge in [-0.15, -0.1) is 0 Å². The van der Waals surface area contributed by atoms with E-state index in [2.05, 4.69) is 10.3 Å². The summed E-state index contributed by atoms with van der Waals surface area (Å²) in [7, 11) is 0. The molecular formula is C8H15N3O. The lowest BCUT2D eigenvalue weighted by Crippen LogP contribution is -2.20. The topological polar surface area (TPSA) is 74.1 Å². The number of aromatic amines is 1. The van der Waals surface area contributed by atoms with Crippen molar-refractivity contribution in [2.24, 2.45) is 0 Å². The summed E-state index contributed by atoms with van der Waals surface area (Å²) in [5.74, 6) is 0.701. The molecule has 0 amide bonds. The van der Waals surface area contributed by atoms with Gasteiger partial charge in [-0.25, -0.2) is 0 Å². The summed E-state index contributed by atoms with van der Waals surface area (Å²) >= 11 is 0. The van der Waals surface area contributed by atoms with Crippen LogP contribution in [-0.4, -0.2) is 29.8 Å². The van der Waals surface area contributed by atoms with E-state index in [1.54, 1.807) is 0 Å². The van der Waals surface area contributed by atoms with Crippen molar-refractivity contribution in [1.29, 1.82) is 0 Å². The van der Waals surface area contributed by atoms with Gasteiger partial charge in [0.25, 0.3) is 0 Å². The lowest BCUT2D eigenvalue weighted by molar-refractivity contribution is 0.292. The SMILES string of the molecule is Nc1ccc(CCNCCO)[nH]1. The average Bonchev–Trinajstić information content (AvgIpc) is 2.45. The highest BCUT2D eigenvalue weighted by atomic mass is 16.3. The maximum absolute atomic E-state index is 8.48. The van der Waals surface area contributed by atoms with E-state index < -0.39 is 0 Å². The number of hydrogen-bond acceptors (Lipinski definition) is 3. The van der Waals surface area contributed by atoms with Crippen LogP contribution >= 0.6 is 0 Å². The number of aromatic nitrogens is 1. The van der Waals surface area contributed by atoms with Crippen LogP contribution in [0.3, 0.4) is 0 Å². The van der Waals surface area contributed by atoms with Gasteiger partial charge in [-0.05, 0) is 18.6 Å². The highest BCUT2D eigenvalue weighted by Gasteiger charge is 1.94. The Bertz CT molecular complexity index is 222. The van der Waals surface area contributed by atoms with E-state index in [1.807, 2.05) is 12.1 Å². The molecule has 0 saturated heterocycles. The van der Waals surface area contributed by atoms with Crippen LogP contribution in [0.1, 0.15) is 5.69 Å². The van der Waals surface area contributed by atoms with Crippen molar-refractivity contribution in [3.8, 4) is 0 Å². The van der Waals surface area contributed by atoms with Crippen LogP contribution in [0, 0.1) is 0 Å². The molecule has 0 fully saturated rings. The van der Waals surface area contributed by atoms with E-state index in [9.17, 15) is 0 Å². The third-order valence-corrected chi connectivity index (χ3v) is 1.63. The zero-order chi connectivity index (χ0) is 8.81. The third kappa shape index (κ3) is 2.94. The number of nitrogen functional groups attached to an aromatic ring is 1. The predicted octanol–water partition coefficient (Wildman–Crippen LogP) is -0.279. The van der Waals surface area contributed by atoms with Crippen molar-refractivity contribution in [2.45, 2.75) is 6.42 Å². The maximum atomic E-state index is 8.48.